The van der Waals surface area contributed by atoms with Gasteiger partial charge in [-0.05, 0) is 115 Å². The number of hydrogen-bond acceptors (Lipinski definition) is 5. The average Bonchev–Trinajstić information content (AvgIpc) is 3.50. The maximum absolute atomic E-state index is 9.57. The summed E-state index contributed by atoms with van der Waals surface area (Å²) >= 11 is 0. The predicted octanol–water partition coefficient (Wildman–Crippen LogP) is 12.6. The molecule has 2 aromatic heterocycles. The van der Waals surface area contributed by atoms with Gasteiger partial charge in [-0.2, -0.15) is 5.26 Å². The van der Waals surface area contributed by atoms with E-state index < -0.39 is 0 Å². The first-order valence-corrected chi connectivity index (χ1v) is 19.1. The molecular weight excluding hydrogens is 695 g/mol. The van der Waals surface area contributed by atoms with Crippen LogP contribution in [0.3, 0.4) is 0 Å². The highest BCUT2D eigenvalue weighted by Crippen LogP contribution is 2.51. The van der Waals surface area contributed by atoms with Gasteiger partial charge in [-0.1, -0.05) is 123 Å². The quantitative estimate of drug-likeness (QED) is 0.170. The lowest BCUT2D eigenvalue weighted by Gasteiger charge is -2.22. The Morgan fingerprint density at radius 3 is 1.67 bits per heavy atom. The van der Waals surface area contributed by atoms with Crippen LogP contribution in [-0.2, 0) is 5.41 Å². The third kappa shape index (κ3) is 6.14. The first-order valence-electron chi connectivity index (χ1n) is 19.1. The summed E-state index contributed by atoms with van der Waals surface area (Å²) in [6, 6.07) is 59.1. The van der Waals surface area contributed by atoms with Gasteiger partial charge in [0.15, 0.2) is 17.5 Å². The summed E-state index contributed by atoms with van der Waals surface area (Å²) < 4.78 is 0. The van der Waals surface area contributed by atoms with Gasteiger partial charge in [0.25, 0.3) is 0 Å². The van der Waals surface area contributed by atoms with Crippen molar-refractivity contribution < 1.29 is 0 Å². The Labute approximate surface area is 331 Å². The Hall–Kier alpha value is -7.55. The predicted molar refractivity (Wildman–Crippen MR) is 230 cm³/mol. The molecule has 7 aromatic carbocycles. The second kappa shape index (κ2) is 13.6. The van der Waals surface area contributed by atoms with Gasteiger partial charge >= 0.3 is 0 Å². The van der Waals surface area contributed by atoms with Gasteiger partial charge in [-0.15, -0.1) is 0 Å². The number of nitriles is 1. The van der Waals surface area contributed by atoms with E-state index in [0.29, 0.717) is 23.0 Å². The Morgan fingerprint density at radius 1 is 0.421 bits per heavy atom. The minimum absolute atomic E-state index is 0.245. The van der Waals surface area contributed by atoms with E-state index >= 15 is 0 Å². The number of fused-ring (bicyclic) bond motifs is 4. The normalized spacial score (nSPS) is 12.5. The maximum Gasteiger partial charge on any atom is 0.164 e. The highest BCUT2D eigenvalue weighted by atomic mass is 15.0. The van der Waals surface area contributed by atoms with Crippen molar-refractivity contribution in [1.82, 2.24) is 19.9 Å². The van der Waals surface area contributed by atoms with E-state index in [1.807, 2.05) is 60.8 Å². The number of aromatic nitrogens is 4. The summed E-state index contributed by atoms with van der Waals surface area (Å²) in [5.41, 5.74) is 14.6. The molecule has 0 fully saturated rings. The molecule has 0 amide bonds. The highest BCUT2D eigenvalue weighted by Gasteiger charge is 2.36. The van der Waals surface area contributed by atoms with Gasteiger partial charge in [0.2, 0.25) is 0 Å². The van der Waals surface area contributed by atoms with E-state index in [0.717, 1.165) is 60.8 Å². The Kier molecular flexibility index (Phi) is 8.13. The van der Waals surface area contributed by atoms with Crippen molar-refractivity contribution in [2.45, 2.75) is 19.3 Å². The van der Waals surface area contributed by atoms with Crippen LogP contribution in [0, 0.1) is 11.3 Å². The molecule has 0 radical (unpaired) electrons. The van der Waals surface area contributed by atoms with E-state index in [1.165, 1.54) is 22.3 Å². The van der Waals surface area contributed by atoms with Crippen molar-refractivity contribution in [1.29, 1.82) is 5.26 Å². The lowest BCUT2D eigenvalue weighted by molar-refractivity contribution is 0.661. The number of hydrogen-bond donors (Lipinski definition) is 0. The third-order valence-corrected chi connectivity index (χ3v) is 11.2. The Bertz CT molecular complexity index is 3020. The Morgan fingerprint density at radius 2 is 0.982 bits per heavy atom. The monoisotopic (exact) mass is 729 g/mol. The van der Waals surface area contributed by atoms with Gasteiger partial charge in [-0.3, -0.25) is 4.98 Å². The molecule has 2 heterocycles. The lowest BCUT2D eigenvalue weighted by atomic mass is 9.81. The van der Waals surface area contributed by atoms with E-state index in [1.54, 1.807) is 6.20 Å². The zero-order valence-corrected chi connectivity index (χ0v) is 31.5. The van der Waals surface area contributed by atoms with E-state index in [-0.39, 0.29) is 5.41 Å². The SMILES string of the molecule is CC1(C)c2cc(-c3cc(-c4cccnc4)cc(-c4nc(-c5ccccc5)nc(-c5ccc(-c6ccccc6)cc5)n4)c3)ccc2-c2cc3ccc(C#N)cc3cc21. The Balaban J connectivity index is 1.12. The first-order chi connectivity index (χ1) is 27.9. The standard InChI is InChI=1S/C52H35N5/c1-52(2)47-29-39(21-22-45(47)46-28-38-16-15-33(31-53)24-41(38)30-48(46)52)42-25-43(40-14-9-23-54-32-40)27-44(26-42)51-56-49(36-12-7-4-8-13-36)55-50(57-51)37-19-17-35(18-20-37)34-10-5-3-6-11-34/h3-30,32H,1-2H3. The highest BCUT2D eigenvalue weighted by molar-refractivity contribution is 5.95. The summed E-state index contributed by atoms with van der Waals surface area (Å²) in [5, 5.41) is 11.8. The molecule has 0 atom stereocenters. The second-order valence-electron chi connectivity index (χ2n) is 15.1. The summed E-state index contributed by atoms with van der Waals surface area (Å²) in [7, 11) is 0. The molecule has 5 nitrogen and oxygen atoms in total. The molecule has 0 saturated carbocycles. The van der Waals surface area contributed by atoms with Crippen molar-refractivity contribution in [2.75, 3.05) is 0 Å². The first kappa shape index (κ1) is 34.0. The van der Waals surface area contributed by atoms with Crippen LogP contribution in [0.1, 0.15) is 30.5 Å². The van der Waals surface area contributed by atoms with Gasteiger partial charge in [0, 0.05) is 40.1 Å². The van der Waals surface area contributed by atoms with Crippen LogP contribution in [0.25, 0.3) is 89.4 Å². The molecule has 1 aliphatic carbocycles. The van der Waals surface area contributed by atoms with Gasteiger partial charge in [-0.25, -0.2) is 15.0 Å². The van der Waals surface area contributed by atoms with Crippen molar-refractivity contribution in [3.63, 3.8) is 0 Å². The maximum atomic E-state index is 9.57. The molecule has 1 aliphatic rings. The van der Waals surface area contributed by atoms with Crippen LogP contribution < -0.4 is 0 Å². The van der Waals surface area contributed by atoms with Gasteiger partial charge in [0.1, 0.15) is 0 Å². The fraction of sp³-hybridized carbons (Fsp3) is 0.0577. The number of rotatable bonds is 6. The number of pyridine rings is 1. The summed E-state index contributed by atoms with van der Waals surface area (Å²) in [6.07, 6.45) is 3.70. The second-order valence-corrected chi connectivity index (χ2v) is 15.1. The van der Waals surface area contributed by atoms with Crippen LogP contribution >= 0.6 is 0 Å². The minimum Gasteiger partial charge on any atom is -0.264 e. The summed E-state index contributed by atoms with van der Waals surface area (Å²) in [6.45, 7) is 4.59. The van der Waals surface area contributed by atoms with Crippen LogP contribution in [0.4, 0.5) is 0 Å². The van der Waals surface area contributed by atoms with E-state index in [4.69, 9.17) is 15.0 Å². The molecule has 0 bridgehead atoms. The molecule has 268 valence electrons. The molecule has 9 aromatic rings. The molecule has 57 heavy (non-hydrogen) atoms. The fourth-order valence-electron chi connectivity index (χ4n) is 8.14. The van der Waals surface area contributed by atoms with Crippen LogP contribution in [0.2, 0.25) is 0 Å². The zero-order chi connectivity index (χ0) is 38.5. The van der Waals surface area contributed by atoms with Crippen molar-refractivity contribution in [2.24, 2.45) is 0 Å². The van der Waals surface area contributed by atoms with Crippen LogP contribution in [-0.4, -0.2) is 19.9 Å². The molecular formula is C52H35N5. The number of nitrogens with zero attached hydrogens (tertiary/aromatic N) is 5. The van der Waals surface area contributed by atoms with Crippen LogP contribution in [0.15, 0.2) is 176 Å². The van der Waals surface area contributed by atoms with Crippen LogP contribution in [0.5, 0.6) is 0 Å². The fourth-order valence-corrected chi connectivity index (χ4v) is 8.14. The molecule has 0 unspecified atom stereocenters. The molecule has 5 heteroatoms. The molecule has 0 saturated heterocycles. The molecule has 0 spiro atoms. The summed E-state index contributed by atoms with van der Waals surface area (Å²) in [4.78, 5) is 19.8. The lowest BCUT2D eigenvalue weighted by Crippen LogP contribution is -2.15. The van der Waals surface area contributed by atoms with Crippen molar-refractivity contribution in [3.8, 4) is 84.7 Å². The molecule has 0 N–H and O–H groups in total. The van der Waals surface area contributed by atoms with E-state index in [9.17, 15) is 5.26 Å². The van der Waals surface area contributed by atoms with Gasteiger partial charge < -0.3 is 0 Å². The van der Waals surface area contributed by atoms with E-state index in [2.05, 4.69) is 134 Å². The van der Waals surface area contributed by atoms with Crippen molar-refractivity contribution in [3.05, 3.63) is 193 Å². The largest absolute Gasteiger partial charge is 0.264 e. The zero-order valence-electron chi connectivity index (χ0n) is 31.5. The summed E-state index contributed by atoms with van der Waals surface area (Å²) in [5.74, 6) is 1.82. The van der Waals surface area contributed by atoms with Crippen molar-refractivity contribution >= 4 is 10.8 Å². The topological polar surface area (TPSA) is 75.3 Å². The third-order valence-electron chi connectivity index (χ3n) is 11.2. The average molecular weight is 730 g/mol. The smallest absolute Gasteiger partial charge is 0.164 e. The minimum atomic E-state index is -0.245. The van der Waals surface area contributed by atoms with Gasteiger partial charge in [0.05, 0.1) is 11.6 Å². The molecule has 10 rings (SSSR count). The molecule has 0 aliphatic heterocycles. The number of benzene rings is 7.